The maximum Gasteiger partial charge on any atom is 0.528 e. The molecule has 2 aromatic heterocycles. The maximum absolute atomic E-state index is 14.1. The van der Waals surface area contributed by atoms with Crippen molar-refractivity contribution in [2.24, 2.45) is 0 Å². The second-order valence-electron chi connectivity index (χ2n) is 9.88. The molecule has 1 fully saturated rings. The molecule has 1 saturated heterocycles. The molecule has 1 aromatic carbocycles. The smallest absolute Gasteiger partial charge is 0.493 e. The van der Waals surface area contributed by atoms with Gasteiger partial charge >= 0.3 is 6.16 Å². The van der Waals surface area contributed by atoms with E-state index in [1.165, 1.54) is 18.5 Å². The van der Waals surface area contributed by atoms with Crippen molar-refractivity contribution in [2.75, 3.05) is 19.7 Å². The number of fused-ring (bicyclic) bond motifs is 1. The summed E-state index contributed by atoms with van der Waals surface area (Å²) in [5.41, 5.74) is 2.27. The van der Waals surface area contributed by atoms with E-state index in [0.29, 0.717) is 71.8 Å². The first-order valence-electron chi connectivity index (χ1n) is 12.3. The summed E-state index contributed by atoms with van der Waals surface area (Å²) in [5, 5.41) is 4.61. The van der Waals surface area contributed by atoms with E-state index in [2.05, 4.69) is 20.3 Å². The molecular weight excluding hydrogens is 481 g/mol. The fraction of sp³-hybridized carbons (Fsp3) is 0.462. The van der Waals surface area contributed by atoms with Gasteiger partial charge in [0, 0.05) is 30.4 Å². The SMILES string of the molecule is CCOc1ccc(F)cc1-c1ncnc2c(C(=O)NC3CCN(OC(=O)OC(C)(C)C)CC3)c(C)[nH]c12. The molecule has 0 aliphatic carbocycles. The summed E-state index contributed by atoms with van der Waals surface area (Å²) in [6, 6.07) is 4.14. The van der Waals surface area contributed by atoms with Crippen LogP contribution in [0.3, 0.4) is 0 Å². The number of nitrogens with one attached hydrogen (secondary N) is 2. The lowest BCUT2D eigenvalue weighted by molar-refractivity contribution is -0.152. The number of rotatable bonds is 6. The van der Waals surface area contributed by atoms with Crippen molar-refractivity contribution in [2.45, 2.75) is 59.1 Å². The molecule has 0 radical (unpaired) electrons. The number of benzene rings is 1. The fourth-order valence-corrected chi connectivity index (χ4v) is 4.29. The number of H-pyrrole nitrogens is 1. The van der Waals surface area contributed by atoms with Crippen molar-refractivity contribution < 1.29 is 28.3 Å². The summed E-state index contributed by atoms with van der Waals surface area (Å²) in [6.07, 6.45) is 1.80. The Morgan fingerprint density at radius 3 is 2.62 bits per heavy atom. The van der Waals surface area contributed by atoms with Crippen LogP contribution in [-0.2, 0) is 9.57 Å². The first-order valence-corrected chi connectivity index (χ1v) is 12.3. The predicted molar refractivity (Wildman–Crippen MR) is 135 cm³/mol. The average Bonchev–Trinajstić information content (AvgIpc) is 3.16. The number of nitrogens with zero attached hydrogens (tertiary/aromatic N) is 3. The number of aromatic amines is 1. The number of ether oxygens (including phenoxy) is 2. The zero-order valence-electron chi connectivity index (χ0n) is 21.7. The highest BCUT2D eigenvalue weighted by Gasteiger charge is 2.28. The molecule has 1 amide bonds. The zero-order chi connectivity index (χ0) is 26.7. The van der Waals surface area contributed by atoms with Crippen LogP contribution in [0.2, 0.25) is 0 Å². The Balaban J connectivity index is 1.49. The molecule has 37 heavy (non-hydrogen) atoms. The van der Waals surface area contributed by atoms with Crippen LogP contribution in [0.1, 0.15) is 56.6 Å². The lowest BCUT2D eigenvalue weighted by Crippen LogP contribution is -2.45. The first kappa shape index (κ1) is 26.3. The Labute approximate surface area is 214 Å². The second kappa shape index (κ2) is 10.7. The first-order chi connectivity index (χ1) is 17.6. The minimum Gasteiger partial charge on any atom is -0.493 e. The Hall–Kier alpha value is -3.73. The molecule has 1 aliphatic heterocycles. The Kier molecular flexibility index (Phi) is 7.63. The number of aromatic nitrogens is 3. The fourth-order valence-electron chi connectivity index (χ4n) is 4.29. The highest BCUT2D eigenvalue weighted by Crippen LogP contribution is 2.35. The molecule has 1 aliphatic rings. The molecule has 3 heterocycles. The van der Waals surface area contributed by atoms with Gasteiger partial charge in [0.2, 0.25) is 0 Å². The number of carbonyl (C=O) groups excluding carboxylic acids is 2. The molecule has 198 valence electrons. The molecule has 0 saturated carbocycles. The molecule has 11 heteroatoms. The average molecular weight is 514 g/mol. The Morgan fingerprint density at radius 1 is 1.22 bits per heavy atom. The second-order valence-corrected chi connectivity index (χ2v) is 9.88. The Bertz CT molecular complexity index is 1290. The predicted octanol–water partition coefficient (Wildman–Crippen LogP) is 4.53. The number of hydrogen-bond donors (Lipinski definition) is 2. The van der Waals surface area contributed by atoms with E-state index in [1.54, 1.807) is 38.8 Å². The Morgan fingerprint density at radius 2 is 1.95 bits per heavy atom. The highest BCUT2D eigenvalue weighted by molar-refractivity contribution is 6.09. The largest absolute Gasteiger partial charge is 0.528 e. The third kappa shape index (κ3) is 6.16. The van der Waals surface area contributed by atoms with Crippen molar-refractivity contribution in [3.8, 4) is 17.0 Å². The quantitative estimate of drug-likeness (QED) is 0.462. The van der Waals surface area contributed by atoms with Crippen molar-refractivity contribution in [1.29, 1.82) is 0 Å². The van der Waals surface area contributed by atoms with Crippen LogP contribution in [0.25, 0.3) is 22.3 Å². The number of hydroxylamine groups is 2. The van der Waals surface area contributed by atoms with Crippen LogP contribution in [-0.4, -0.2) is 63.4 Å². The lowest BCUT2D eigenvalue weighted by Gasteiger charge is -2.31. The summed E-state index contributed by atoms with van der Waals surface area (Å²) in [7, 11) is 0. The van der Waals surface area contributed by atoms with E-state index >= 15 is 0 Å². The number of aryl methyl sites for hydroxylation is 1. The standard InChI is InChI=1S/C26H32FN5O5/c1-6-35-19-8-7-16(27)13-18(19)21-23-22(29-14-28-21)20(15(2)30-23)24(33)31-17-9-11-32(12-10-17)37-25(34)36-26(3,4)5/h7-8,13-14,17,30H,6,9-12H2,1-5H3,(H,31,33). The van der Waals surface area contributed by atoms with E-state index in [4.69, 9.17) is 14.3 Å². The molecule has 0 unspecified atom stereocenters. The molecule has 0 bridgehead atoms. The van der Waals surface area contributed by atoms with Gasteiger partial charge in [-0.2, -0.15) is 0 Å². The molecule has 3 aromatic rings. The summed E-state index contributed by atoms with van der Waals surface area (Å²) in [6.45, 7) is 10.3. The van der Waals surface area contributed by atoms with E-state index in [0.717, 1.165) is 0 Å². The van der Waals surface area contributed by atoms with Gasteiger partial charge in [0.25, 0.3) is 5.91 Å². The summed E-state index contributed by atoms with van der Waals surface area (Å²) in [4.78, 5) is 42.4. The van der Waals surface area contributed by atoms with Crippen molar-refractivity contribution >= 4 is 23.1 Å². The van der Waals surface area contributed by atoms with Crippen molar-refractivity contribution in [3.05, 3.63) is 41.6 Å². The molecule has 0 spiro atoms. The summed E-state index contributed by atoms with van der Waals surface area (Å²) >= 11 is 0. The molecule has 2 N–H and O–H groups in total. The van der Waals surface area contributed by atoms with Crippen LogP contribution in [0, 0.1) is 12.7 Å². The van der Waals surface area contributed by atoms with Gasteiger partial charge in [0.1, 0.15) is 34.7 Å². The number of halogens is 1. The van der Waals surface area contributed by atoms with Crippen LogP contribution in [0.4, 0.5) is 9.18 Å². The van der Waals surface area contributed by atoms with Crippen molar-refractivity contribution in [3.63, 3.8) is 0 Å². The van der Waals surface area contributed by atoms with Gasteiger partial charge in [0.05, 0.1) is 17.7 Å². The molecule has 10 nitrogen and oxygen atoms in total. The maximum atomic E-state index is 14.1. The zero-order valence-corrected chi connectivity index (χ0v) is 21.7. The van der Waals surface area contributed by atoms with Gasteiger partial charge in [0.15, 0.2) is 0 Å². The topological polar surface area (TPSA) is 119 Å². The number of amides is 1. The minimum absolute atomic E-state index is 0.107. The van der Waals surface area contributed by atoms with Gasteiger partial charge in [-0.25, -0.2) is 19.2 Å². The van der Waals surface area contributed by atoms with E-state index < -0.39 is 17.6 Å². The van der Waals surface area contributed by atoms with Gasteiger partial charge in [-0.1, -0.05) is 0 Å². The number of hydrogen-bond acceptors (Lipinski definition) is 8. The summed E-state index contributed by atoms with van der Waals surface area (Å²) in [5.74, 6) is -0.208. The van der Waals surface area contributed by atoms with E-state index in [1.807, 2.05) is 6.92 Å². The van der Waals surface area contributed by atoms with Crippen LogP contribution < -0.4 is 10.1 Å². The molecule has 0 atom stereocenters. The van der Waals surface area contributed by atoms with Gasteiger partial charge < -0.3 is 24.6 Å². The minimum atomic E-state index is -0.745. The lowest BCUT2D eigenvalue weighted by atomic mass is 10.1. The molecular formula is C26H32FN5O5. The normalized spacial score (nSPS) is 15.0. The van der Waals surface area contributed by atoms with Crippen LogP contribution in [0.5, 0.6) is 5.75 Å². The van der Waals surface area contributed by atoms with Gasteiger partial charge in [-0.3, -0.25) is 4.79 Å². The monoisotopic (exact) mass is 513 g/mol. The van der Waals surface area contributed by atoms with E-state index in [-0.39, 0.29) is 11.9 Å². The van der Waals surface area contributed by atoms with Crippen molar-refractivity contribution in [1.82, 2.24) is 25.3 Å². The number of carbonyl (C=O) groups is 2. The third-order valence-electron chi connectivity index (χ3n) is 5.88. The highest BCUT2D eigenvalue weighted by atomic mass is 19.1. The van der Waals surface area contributed by atoms with Gasteiger partial charge in [-0.15, -0.1) is 5.06 Å². The molecule has 4 rings (SSSR count). The summed E-state index contributed by atoms with van der Waals surface area (Å²) < 4.78 is 25.0. The van der Waals surface area contributed by atoms with E-state index in [9.17, 15) is 14.0 Å². The third-order valence-corrected chi connectivity index (χ3v) is 5.88. The van der Waals surface area contributed by atoms with Gasteiger partial charge in [-0.05, 0) is 65.7 Å². The number of piperidine rings is 1. The van der Waals surface area contributed by atoms with Crippen LogP contribution in [0.15, 0.2) is 24.5 Å². The van der Waals surface area contributed by atoms with Crippen LogP contribution >= 0.6 is 0 Å².